The fraction of sp³-hybridized carbons (Fsp3) is 0.600. The molecule has 0 aromatic rings. The third-order valence-corrected chi connectivity index (χ3v) is 2.56. The number of hydrogen-bond acceptors (Lipinski definition) is 0. The molecule has 11 heavy (non-hydrogen) atoms. The monoisotopic (exact) mass is 225 g/mol. The van der Waals surface area contributed by atoms with Crippen LogP contribution in [0.15, 0.2) is 16.7 Å². The summed E-state index contributed by atoms with van der Waals surface area (Å²) in [5, 5.41) is 0. The molecule has 0 saturated heterocycles. The summed E-state index contributed by atoms with van der Waals surface area (Å²) >= 11 is 0. The van der Waals surface area contributed by atoms with Crippen LogP contribution in [0.4, 0.5) is 0 Å². The fourth-order valence-corrected chi connectivity index (χ4v) is 1.41. The van der Waals surface area contributed by atoms with Gasteiger partial charge in [0.1, 0.15) is 0 Å². The topological polar surface area (TPSA) is 0 Å². The summed E-state index contributed by atoms with van der Waals surface area (Å²) in [6.07, 6.45) is 3.44. The maximum absolute atomic E-state index is 3.44. The van der Waals surface area contributed by atoms with Crippen molar-refractivity contribution < 1.29 is 26.2 Å². The third-order valence-electron chi connectivity index (χ3n) is 2.56. The van der Waals surface area contributed by atoms with Gasteiger partial charge in [0.2, 0.25) is 0 Å². The van der Waals surface area contributed by atoms with Gasteiger partial charge in [0.25, 0.3) is 0 Å². The summed E-state index contributed by atoms with van der Waals surface area (Å²) in [4.78, 5) is 0. The Bertz CT molecular complexity index is 219. The van der Waals surface area contributed by atoms with Crippen LogP contribution in [0.25, 0.3) is 0 Å². The summed E-state index contributed by atoms with van der Waals surface area (Å²) in [5.74, 6) is 0. The zero-order valence-corrected chi connectivity index (χ0v) is 10.5. The largest absolute Gasteiger partial charge is 2.00 e. The van der Waals surface area contributed by atoms with Crippen LogP contribution in [-0.2, 0) is 26.2 Å². The van der Waals surface area contributed by atoms with Crippen LogP contribution in [0.5, 0.6) is 0 Å². The maximum atomic E-state index is 3.44. The van der Waals surface area contributed by atoms with Crippen molar-refractivity contribution in [1.29, 1.82) is 0 Å². The molecular weight excluding hydrogens is 211 g/mol. The molecule has 58 valence electrons. The van der Waals surface area contributed by atoms with E-state index < -0.39 is 0 Å². The first kappa shape index (κ1) is 11.4. The van der Waals surface area contributed by atoms with E-state index in [1.165, 1.54) is 16.7 Å². The molecule has 0 amide bonds. The number of allylic oxidation sites excluding steroid dienone is 4. The molecule has 1 rings (SSSR count). The Hall–Kier alpha value is 0.363. The van der Waals surface area contributed by atoms with Gasteiger partial charge in [0.15, 0.2) is 0 Å². The van der Waals surface area contributed by atoms with Crippen molar-refractivity contribution in [3.05, 3.63) is 22.8 Å². The van der Waals surface area contributed by atoms with Crippen molar-refractivity contribution in [3.8, 4) is 0 Å². The molecule has 0 nitrogen and oxygen atoms in total. The second kappa shape index (κ2) is 3.39. The van der Waals surface area contributed by atoms with E-state index in [1.807, 2.05) is 0 Å². The first-order valence-corrected chi connectivity index (χ1v) is 3.75. The fourth-order valence-electron chi connectivity index (χ4n) is 1.41. The molecule has 0 fully saturated rings. The predicted molar refractivity (Wildman–Crippen MR) is 44.6 cm³/mol. The van der Waals surface area contributed by atoms with Gasteiger partial charge in [-0.05, 0) is 0 Å². The first-order chi connectivity index (χ1) is 4.45. The van der Waals surface area contributed by atoms with Crippen LogP contribution < -0.4 is 0 Å². The van der Waals surface area contributed by atoms with Gasteiger partial charge in [-0.2, -0.15) is 11.1 Å². The normalized spacial score (nSPS) is 21.4. The van der Waals surface area contributed by atoms with E-state index in [4.69, 9.17) is 0 Å². The molecule has 0 aromatic heterocycles. The summed E-state index contributed by atoms with van der Waals surface area (Å²) in [6, 6.07) is 0. The minimum absolute atomic E-state index is 0. The van der Waals surface area contributed by atoms with Gasteiger partial charge in [-0.3, -0.25) is 6.08 Å². The van der Waals surface area contributed by atoms with Crippen molar-refractivity contribution in [3.63, 3.8) is 0 Å². The molecule has 0 atom stereocenters. The smallest absolute Gasteiger partial charge is 0.263 e. The van der Waals surface area contributed by atoms with E-state index in [0.717, 1.165) is 0 Å². The Morgan fingerprint density at radius 1 is 1.09 bits per heavy atom. The van der Waals surface area contributed by atoms with Gasteiger partial charge < -0.3 is 0 Å². The van der Waals surface area contributed by atoms with Gasteiger partial charge in [-0.25, -0.2) is 5.57 Å². The van der Waals surface area contributed by atoms with Crippen LogP contribution in [0.3, 0.4) is 0 Å². The van der Waals surface area contributed by atoms with Gasteiger partial charge in [0, 0.05) is 0 Å². The standard InChI is InChI=1S/C10H15.Zr/c1-7-6-10(4,5)9(3)8(7)2;/h1-5H3;/q-1;+2. The Morgan fingerprint density at radius 3 is 1.64 bits per heavy atom. The van der Waals surface area contributed by atoms with Gasteiger partial charge in [-0.15, -0.1) is 6.92 Å². The van der Waals surface area contributed by atoms with Crippen LogP contribution in [0.2, 0.25) is 0 Å². The first-order valence-electron chi connectivity index (χ1n) is 3.75. The number of hydrogen-bond donors (Lipinski definition) is 0. The van der Waals surface area contributed by atoms with Crippen LogP contribution in [0.1, 0.15) is 34.6 Å². The summed E-state index contributed by atoms with van der Waals surface area (Å²) in [5.41, 5.74) is 4.39. The quantitative estimate of drug-likeness (QED) is 0.557. The second-order valence-electron chi connectivity index (χ2n) is 3.62. The van der Waals surface area contributed by atoms with Crippen LogP contribution >= 0.6 is 0 Å². The van der Waals surface area contributed by atoms with Gasteiger partial charge in [-0.1, -0.05) is 33.1 Å². The molecule has 1 heteroatoms. The van der Waals surface area contributed by atoms with E-state index in [-0.39, 0.29) is 31.6 Å². The minimum Gasteiger partial charge on any atom is -0.263 e. The second-order valence-corrected chi connectivity index (χ2v) is 3.62. The molecule has 0 spiro atoms. The van der Waals surface area contributed by atoms with Crippen LogP contribution in [0, 0.1) is 11.5 Å². The van der Waals surface area contributed by atoms with E-state index in [2.05, 4.69) is 40.7 Å². The maximum Gasteiger partial charge on any atom is 2.00 e. The van der Waals surface area contributed by atoms with E-state index in [1.54, 1.807) is 0 Å². The molecule has 0 saturated carbocycles. The molecule has 0 radical (unpaired) electrons. The predicted octanol–water partition coefficient (Wildman–Crippen LogP) is 3.11. The molecular formula is C10H15Zr+. The molecule has 0 heterocycles. The molecule has 0 unspecified atom stereocenters. The summed E-state index contributed by atoms with van der Waals surface area (Å²) in [6.45, 7) is 10.9. The molecule has 0 N–H and O–H groups in total. The molecule has 0 aliphatic heterocycles. The van der Waals surface area contributed by atoms with Gasteiger partial charge >= 0.3 is 26.2 Å². The number of rotatable bonds is 0. The molecule has 0 aromatic carbocycles. The average Bonchev–Trinajstić information content (AvgIpc) is 1.95. The van der Waals surface area contributed by atoms with Crippen molar-refractivity contribution in [1.82, 2.24) is 0 Å². The SMILES string of the molecule is CC1=[C-]C(C)(C)C(C)=C1C.[Zr+2]. The Labute approximate surface area is 88.9 Å². The van der Waals surface area contributed by atoms with Crippen molar-refractivity contribution in [2.75, 3.05) is 0 Å². The van der Waals surface area contributed by atoms with Crippen LogP contribution in [-0.4, -0.2) is 0 Å². The summed E-state index contributed by atoms with van der Waals surface area (Å²) < 4.78 is 0. The van der Waals surface area contributed by atoms with E-state index in [9.17, 15) is 0 Å². The molecule has 1 aliphatic carbocycles. The third kappa shape index (κ3) is 1.93. The minimum atomic E-state index is 0. The van der Waals surface area contributed by atoms with Crippen molar-refractivity contribution >= 4 is 0 Å². The van der Waals surface area contributed by atoms with Crippen molar-refractivity contribution in [2.45, 2.75) is 34.6 Å². The summed E-state index contributed by atoms with van der Waals surface area (Å²) in [7, 11) is 0. The van der Waals surface area contributed by atoms with Gasteiger partial charge in [0.05, 0.1) is 0 Å². The van der Waals surface area contributed by atoms with E-state index in [0.29, 0.717) is 0 Å². The van der Waals surface area contributed by atoms with E-state index >= 15 is 0 Å². The van der Waals surface area contributed by atoms with Crippen molar-refractivity contribution in [2.24, 2.45) is 5.41 Å². The Kier molecular flexibility index (Phi) is 3.51. The Morgan fingerprint density at radius 2 is 1.55 bits per heavy atom. The molecule has 1 aliphatic rings. The zero-order valence-electron chi connectivity index (χ0n) is 8.00. The Balaban J connectivity index is 0.000001000. The molecule has 0 bridgehead atoms. The average molecular weight is 226 g/mol. The zero-order chi connectivity index (χ0) is 7.94.